The van der Waals surface area contributed by atoms with Gasteiger partial charge >= 0.3 is 9.53 Å². The first kappa shape index (κ1) is 19.0. The first-order chi connectivity index (χ1) is 8.29. The van der Waals surface area contributed by atoms with Gasteiger partial charge in [-0.2, -0.15) is 0 Å². The molecule has 0 unspecified atom stereocenters. The zero-order valence-corrected chi connectivity index (χ0v) is 14.7. The second-order valence-corrected chi connectivity index (χ2v) is 8.32. The number of rotatable bonds is 6. The van der Waals surface area contributed by atoms with Crippen molar-refractivity contribution in [3.05, 3.63) is 0 Å². The van der Waals surface area contributed by atoms with Crippen LogP contribution >= 0.6 is 0 Å². The maximum absolute atomic E-state index is 5.17. The molecule has 0 N–H and O–H groups in total. The van der Waals surface area contributed by atoms with Crippen molar-refractivity contribution in [2.24, 2.45) is 0 Å². The lowest BCUT2D eigenvalue weighted by Gasteiger charge is -2.26. The van der Waals surface area contributed by atoms with E-state index in [2.05, 4.69) is 0 Å². The topological polar surface area (TPSA) is 55.4 Å². The minimum atomic E-state index is -2.70. The Morgan fingerprint density at radius 2 is 0.684 bits per heavy atom. The van der Waals surface area contributed by atoms with Crippen LogP contribution in [0.5, 0.6) is 0 Å². The Morgan fingerprint density at radius 3 is 0.842 bits per heavy atom. The highest BCUT2D eigenvalue weighted by Crippen LogP contribution is 2.15. The molecule has 0 heterocycles. The second kappa shape index (κ2) is 7.12. The van der Waals surface area contributed by atoms with Gasteiger partial charge < -0.3 is 0 Å². The molecule has 0 aliphatic heterocycles. The lowest BCUT2D eigenvalue weighted by Crippen LogP contribution is -2.37. The molecule has 0 rings (SSSR count). The SMILES string of the molecule is CC(C)(C)OO[SiH](OOC(C)(C)C)OOC(C)(C)C. The van der Waals surface area contributed by atoms with Crippen molar-refractivity contribution in [3.8, 4) is 0 Å². The van der Waals surface area contributed by atoms with Crippen molar-refractivity contribution >= 4 is 9.53 Å². The van der Waals surface area contributed by atoms with Gasteiger partial charge in [-0.3, -0.25) is 0 Å². The van der Waals surface area contributed by atoms with E-state index in [1.807, 2.05) is 62.3 Å². The fraction of sp³-hybridized carbons (Fsp3) is 1.00. The van der Waals surface area contributed by atoms with Crippen LogP contribution in [0.15, 0.2) is 0 Å². The van der Waals surface area contributed by atoms with Crippen molar-refractivity contribution < 1.29 is 28.4 Å². The minimum Gasteiger partial charge on any atom is -0.237 e. The molecule has 0 fully saturated rings. The fourth-order valence-electron chi connectivity index (χ4n) is 0.599. The van der Waals surface area contributed by atoms with Crippen LogP contribution in [0.4, 0.5) is 0 Å². The van der Waals surface area contributed by atoms with E-state index in [9.17, 15) is 0 Å². The maximum Gasteiger partial charge on any atom is 0.568 e. The Morgan fingerprint density at radius 1 is 0.474 bits per heavy atom. The zero-order valence-electron chi connectivity index (χ0n) is 13.5. The van der Waals surface area contributed by atoms with E-state index >= 15 is 0 Å². The van der Waals surface area contributed by atoms with Gasteiger partial charge in [-0.15, -0.1) is 0 Å². The van der Waals surface area contributed by atoms with Crippen molar-refractivity contribution in [2.75, 3.05) is 0 Å². The average molecular weight is 296 g/mol. The smallest absolute Gasteiger partial charge is 0.237 e. The van der Waals surface area contributed by atoms with E-state index < -0.39 is 26.3 Å². The predicted molar refractivity (Wildman–Crippen MR) is 72.9 cm³/mol. The molecule has 19 heavy (non-hydrogen) atoms. The highest BCUT2D eigenvalue weighted by molar-refractivity contribution is 6.35. The molecule has 0 amide bonds. The van der Waals surface area contributed by atoms with Crippen LogP contribution in [-0.4, -0.2) is 26.3 Å². The summed E-state index contributed by atoms with van der Waals surface area (Å²) in [4.78, 5) is 15.5. The molecular formula is C12H28O6Si. The van der Waals surface area contributed by atoms with E-state index in [1.54, 1.807) is 0 Å². The van der Waals surface area contributed by atoms with Gasteiger partial charge in [0.05, 0.1) is 16.8 Å². The molecule has 0 aliphatic carbocycles. The lowest BCUT2D eigenvalue weighted by molar-refractivity contribution is -0.397. The Labute approximate surface area is 118 Å². The summed E-state index contributed by atoms with van der Waals surface area (Å²) in [6, 6.07) is 0. The van der Waals surface area contributed by atoms with Gasteiger partial charge in [-0.05, 0) is 62.3 Å². The molecule has 0 atom stereocenters. The monoisotopic (exact) mass is 296 g/mol. The molecule has 0 saturated heterocycles. The molecule has 116 valence electrons. The van der Waals surface area contributed by atoms with E-state index in [4.69, 9.17) is 28.4 Å². The van der Waals surface area contributed by atoms with Crippen molar-refractivity contribution in [3.63, 3.8) is 0 Å². The Bertz CT molecular complexity index is 208. The van der Waals surface area contributed by atoms with Crippen molar-refractivity contribution in [1.29, 1.82) is 0 Å². The normalized spacial score (nSPS) is 14.2. The average Bonchev–Trinajstić information content (AvgIpc) is 2.11. The van der Waals surface area contributed by atoms with Gasteiger partial charge in [0.2, 0.25) is 0 Å². The minimum absolute atomic E-state index is 0.471. The molecule has 0 saturated carbocycles. The van der Waals surface area contributed by atoms with Crippen LogP contribution < -0.4 is 0 Å². The van der Waals surface area contributed by atoms with Crippen LogP contribution in [0.3, 0.4) is 0 Å². The molecule has 7 heteroatoms. The molecule has 0 aromatic rings. The molecule has 0 bridgehead atoms. The first-order valence-electron chi connectivity index (χ1n) is 6.32. The summed E-state index contributed by atoms with van der Waals surface area (Å²) in [7, 11) is -2.70. The summed E-state index contributed by atoms with van der Waals surface area (Å²) in [6.07, 6.45) is 0. The molecule has 0 aliphatic rings. The molecule has 0 aromatic carbocycles. The third kappa shape index (κ3) is 14.2. The largest absolute Gasteiger partial charge is 0.568 e. The van der Waals surface area contributed by atoms with Crippen LogP contribution in [-0.2, 0) is 28.4 Å². The van der Waals surface area contributed by atoms with Crippen LogP contribution in [0.25, 0.3) is 0 Å². The van der Waals surface area contributed by atoms with Gasteiger partial charge in [0.25, 0.3) is 0 Å². The molecule has 0 radical (unpaired) electrons. The molecular weight excluding hydrogens is 268 g/mol. The molecule has 6 nitrogen and oxygen atoms in total. The Balaban J connectivity index is 4.30. The third-order valence-electron chi connectivity index (χ3n) is 1.13. The summed E-state index contributed by atoms with van der Waals surface area (Å²) in [5.41, 5.74) is -1.41. The first-order valence-corrected chi connectivity index (χ1v) is 7.73. The Kier molecular flexibility index (Phi) is 7.11. The summed E-state index contributed by atoms with van der Waals surface area (Å²) in [5.74, 6) is 0. The zero-order chi connectivity index (χ0) is 15.3. The van der Waals surface area contributed by atoms with Crippen LogP contribution in [0.2, 0.25) is 0 Å². The van der Waals surface area contributed by atoms with E-state index in [0.29, 0.717) is 0 Å². The van der Waals surface area contributed by atoms with E-state index in [0.717, 1.165) is 0 Å². The number of hydrogen-bond donors (Lipinski definition) is 0. The van der Waals surface area contributed by atoms with Crippen LogP contribution in [0.1, 0.15) is 62.3 Å². The van der Waals surface area contributed by atoms with Gasteiger partial charge in [0.1, 0.15) is 0 Å². The summed E-state index contributed by atoms with van der Waals surface area (Å²) >= 11 is 0. The standard InChI is InChI=1S/C12H28O6Si/c1-10(2,3)13-16-19(17-14-11(4,5)6)18-15-12(7,8)9/h19H,1-9H3. The second-order valence-electron chi connectivity index (χ2n) is 7.16. The van der Waals surface area contributed by atoms with Crippen LogP contribution in [0, 0.1) is 0 Å². The van der Waals surface area contributed by atoms with Gasteiger partial charge in [0, 0.05) is 0 Å². The lowest BCUT2D eigenvalue weighted by atomic mass is 10.2. The number of hydrogen-bond acceptors (Lipinski definition) is 6. The van der Waals surface area contributed by atoms with Gasteiger partial charge in [-0.25, -0.2) is 28.4 Å². The third-order valence-corrected chi connectivity index (χ3v) is 1.89. The van der Waals surface area contributed by atoms with E-state index in [1.165, 1.54) is 0 Å². The summed E-state index contributed by atoms with van der Waals surface area (Å²) in [5, 5.41) is 0. The Hall–Kier alpha value is -0.0231. The molecule has 0 aromatic heterocycles. The fourth-order valence-corrected chi connectivity index (χ4v) is 1.80. The quantitative estimate of drug-likeness (QED) is 0.427. The van der Waals surface area contributed by atoms with E-state index in [-0.39, 0.29) is 0 Å². The van der Waals surface area contributed by atoms with Gasteiger partial charge in [-0.1, -0.05) is 0 Å². The highest BCUT2D eigenvalue weighted by Gasteiger charge is 2.28. The van der Waals surface area contributed by atoms with Gasteiger partial charge in [0.15, 0.2) is 0 Å². The molecule has 0 spiro atoms. The highest BCUT2D eigenvalue weighted by atomic mass is 28.3. The maximum atomic E-state index is 5.17. The predicted octanol–water partition coefficient (Wildman–Crippen LogP) is 2.94. The summed E-state index contributed by atoms with van der Waals surface area (Å²) < 4.78 is 15.4. The summed E-state index contributed by atoms with van der Waals surface area (Å²) in [6.45, 7) is 16.7. The van der Waals surface area contributed by atoms with Crippen molar-refractivity contribution in [1.82, 2.24) is 0 Å². The van der Waals surface area contributed by atoms with Crippen molar-refractivity contribution in [2.45, 2.75) is 79.1 Å².